The van der Waals surface area contributed by atoms with Gasteiger partial charge >= 0.3 is 6.03 Å². The largest absolute Gasteiger partial charge is 0.394 e. The van der Waals surface area contributed by atoms with E-state index in [0.717, 1.165) is 18.7 Å². The van der Waals surface area contributed by atoms with Gasteiger partial charge in [-0.2, -0.15) is 0 Å². The Balaban J connectivity index is 1.71. The second kappa shape index (κ2) is 9.70. The third kappa shape index (κ3) is 6.02. The molecule has 0 aromatic heterocycles. The van der Waals surface area contributed by atoms with Crippen LogP contribution in [-0.4, -0.2) is 42.8 Å². The summed E-state index contributed by atoms with van der Waals surface area (Å²) in [6, 6.07) is 19.0. The number of hydrogen-bond acceptors (Lipinski definition) is 3. The highest BCUT2D eigenvalue weighted by Crippen LogP contribution is 2.11. The number of carbonyl (C=O) groups excluding carboxylic acids is 1. The molecular formula is C19H25N3O2. The summed E-state index contributed by atoms with van der Waals surface area (Å²) >= 11 is 0. The van der Waals surface area contributed by atoms with Crippen LogP contribution in [0.1, 0.15) is 17.2 Å². The molecule has 1 atom stereocenters. The van der Waals surface area contributed by atoms with Gasteiger partial charge in [0.2, 0.25) is 0 Å². The zero-order chi connectivity index (χ0) is 17.2. The Bertz CT molecular complexity index is 605. The van der Waals surface area contributed by atoms with E-state index < -0.39 is 6.04 Å². The molecule has 3 N–H and O–H groups in total. The molecule has 0 aliphatic heterocycles. The molecule has 5 heteroatoms. The molecule has 2 amide bonds. The first kappa shape index (κ1) is 18.0. The first-order chi connectivity index (χ1) is 11.7. The van der Waals surface area contributed by atoms with Crippen LogP contribution in [0.15, 0.2) is 60.7 Å². The van der Waals surface area contributed by atoms with E-state index in [-0.39, 0.29) is 12.6 Å². The second-order valence-corrected chi connectivity index (χ2v) is 5.77. The quantitative estimate of drug-likeness (QED) is 0.696. The molecule has 0 aliphatic carbocycles. The minimum Gasteiger partial charge on any atom is -0.394 e. The van der Waals surface area contributed by atoms with E-state index in [1.807, 2.05) is 55.6 Å². The Hall–Kier alpha value is -2.37. The number of rotatable bonds is 8. The summed E-state index contributed by atoms with van der Waals surface area (Å²) < 4.78 is 0. The van der Waals surface area contributed by atoms with Crippen LogP contribution in [0.25, 0.3) is 0 Å². The SMILES string of the molecule is CN(CCNC(=O)NC(CO)c1ccccc1)Cc1ccccc1. The van der Waals surface area contributed by atoms with E-state index in [1.165, 1.54) is 5.56 Å². The molecular weight excluding hydrogens is 302 g/mol. The molecule has 0 spiro atoms. The van der Waals surface area contributed by atoms with Crippen LogP contribution in [0.5, 0.6) is 0 Å². The van der Waals surface area contributed by atoms with Gasteiger partial charge in [0.05, 0.1) is 12.6 Å². The van der Waals surface area contributed by atoms with Crippen molar-refractivity contribution >= 4 is 6.03 Å². The molecule has 0 bridgehead atoms. The number of hydrogen-bond donors (Lipinski definition) is 3. The van der Waals surface area contributed by atoms with Gasteiger partial charge in [0, 0.05) is 19.6 Å². The van der Waals surface area contributed by atoms with Crippen molar-refractivity contribution < 1.29 is 9.90 Å². The molecule has 2 aromatic rings. The third-order valence-electron chi connectivity index (χ3n) is 3.76. The summed E-state index contributed by atoms with van der Waals surface area (Å²) in [4.78, 5) is 14.1. The molecule has 0 aliphatic rings. The summed E-state index contributed by atoms with van der Waals surface area (Å²) in [5.74, 6) is 0. The lowest BCUT2D eigenvalue weighted by atomic mass is 10.1. The van der Waals surface area contributed by atoms with E-state index in [4.69, 9.17) is 0 Å². The van der Waals surface area contributed by atoms with Gasteiger partial charge in [0.1, 0.15) is 0 Å². The van der Waals surface area contributed by atoms with Gasteiger partial charge in [-0.25, -0.2) is 4.79 Å². The minimum atomic E-state index is -0.395. The summed E-state index contributed by atoms with van der Waals surface area (Å²) in [5, 5.41) is 15.1. The van der Waals surface area contributed by atoms with E-state index in [0.29, 0.717) is 6.54 Å². The van der Waals surface area contributed by atoms with Crippen LogP contribution < -0.4 is 10.6 Å². The highest BCUT2D eigenvalue weighted by molar-refractivity contribution is 5.74. The second-order valence-electron chi connectivity index (χ2n) is 5.77. The third-order valence-corrected chi connectivity index (χ3v) is 3.76. The van der Waals surface area contributed by atoms with Crippen LogP contribution in [0.2, 0.25) is 0 Å². The zero-order valence-electron chi connectivity index (χ0n) is 14.0. The van der Waals surface area contributed by atoms with E-state index in [1.54, 1.807) is 0 Å². The van der Waals surface area contributed by atoms with Crippen molar-refractivity contribution in [2.75, 3.05) is 26.7 Å². The lowest BCUT2D eigenvalue weighted by molar-refractivity contribution is 0.215. The van der Waals surface area contributed by atoms with E-state index >= 15 is 0 Å². The van der Waals surface area contributed by atoms with Crippen LogP contribution in [0, 0.1) is 0 Å². The molecule has 2 aromatic carbocycles. The number of nitrogens with one attached hydrogen (secondary N) is 2. The van der Waals surface area contributed by atoms with Gasteiger partial charge in [-0.3, -0.25) is 0 Å². The Labute approximate surface area is 143 Å². The normalized spacial score (nSPS) is 12.0. The first-order valence-corrected chi connectivity index (χ1v) is 8.11. The number of carbonyl (C=O) groups is 1. The zero-order valence-corrected chi connectivity index (χ0v) is 14.0. The average Bonchev–Trinajstić information content (AvgIpc) is 2.61. The molecule has 0 fully saturated rings. The van der Waals surface area contributed by atoms with E-state index in [2.05, 4.69) is 27.7 Å². The fourth-order valence-corrected chi connectivity index (χ4v) is 2.46. The molecule has 128 valence electrons. The van der Waals surface area contributed by atoms with Crippen molar-refractivity contribution in [3.8, 4) is 0 Å². The fraction of sp³-hybridized carbons (Fsp3) is 0.316. The predicted molar refractivity (Wildman–Crippen MR) is 95.6 cm³/mol. The number of urea groups is 1. The molecule has 5 nitrogen and oxygen atoms in total. The Kier molecular flexibility index (Phi) is 7.26. The molecule has 1 unspecified atom stereocenters. The van der Waals surface area contributed by atoms with Gasteiger partial charge < -0.3 is 20.6 Å². The van der Waals surface area contributed by atoms with Crippen molar-refractivity contribution in [2.24, 2.45) is 0 Å². The molecule has 2 rings (SSSR count). The van der Waals surface area contributed by atoms with Gasteiger partial charge in [-0.15, -0.1) is 0 Å². The van der Waals surface area contributed by atoms with Crippen LogP contribution in [0.3, 0.4) is 0 Å². The molecule has 0 saturated heterocycles. The number of nitrogens with zero attached hydrogens (tertiary/aromatic N) is 1. The molecule has 0 saturated carbocycles. The summed E-state index contributed by atoms with van der Waals surface area (Å²) in [6.07, 6.45) is 0. The number of aliphatic hydroxyl groups is 1. The van der Waals surface area contributed by atoms with Crippen LogP contribution in [0.4, 0.5) is 4.79 Å². The topological polar surface area (TPSA) is 64.6 Å². The predicted octanol–water partition coefficient (Wildman–Crippen LogP) is 2.15. The maximum Gasteiger partial charge on any atom is 0.315 e. The van der Waals surface area contributed by atoms with Gasteiger partial charge in [-0.05, 0) is 18.2 Å². The lowest BCUT2D eigenvalue weighted by Gasteiger charge is -2.19. The van der Waals surface area contributed by atoms with Crippen molar-refractivity contribution in [3.63, 3.8) is 0 Å². The van der Waals surface area contributed by atoms with Gasteiger partial charge in [0.25, 0.3) is 0 Å². The molecule has 0 heterocycles. The summed E-state index contributed by atoms with van der Waals surface area (Å²) in [5.41, 5.74) is 2.13. The Morgan fingerprint density at radius 2 is 1.71 bits per heavy atom. The Morgan fingerprint density at radius 3 is 2.33 bits per heavy atom. The smallest absolute Gasteiger partial charge is 0.315 e. The summed E-state index contributed by atoms with van der Waals surface area (Å²) in [6.45, 7) is 2.00. The van der Waals surface area contributed by atoms with Crippen molar-refractivity contribution in [1.82, 2.24) is 15.5 Å². The minimum absolute atomic E-state index is 0.134. The monoisotopic (exact) mass is 327 g/mol. The first-order valence-electron chi connectivity index (χ1n) is 8.11. The number of aliphatic hydroxyl groups excluding tert-OH is 1. The number of amides is 2. The Morgan fingerprint density at radius 1 is 1.08 bits per heavy atom. The fourth-order valence-electron chi connectivity index (χ4n) is 2.46. The average molecular weight is 327 g/mol. The van der Waals surface area contributed by atoms with Crippen molar-refractivity contribution in [3.05, 3.63) is 71.8 Å². The maximum absolute atomic E-state index is 12.0. The van der Waals surface area contributed by atoms with Crippen LogP contribution in [-0.2, 0) is 6.54 Å². The number of likely N-dealkylation sites (N-methyl/N-ethyl adjacent to an activating group) is 1. The molecule has 24 heavy (non-hydrogen) atoms. The highest BCUT2D eigenvalue weighted by atomic mass is 16.3. The van der Waals surface area contributed by atoms with Crippen molar-refractivity contribution in [1.29, 1.82) is 0 Å². The van der Waals surface area contributed by atoms with Crippen LogP contribution >= 0.6 is 0 Å². The van der Waals surface area contributed by atoms with Gasteiger partial charge in [-0.1, -0.05) is 60.7 Å². The highest BCUT2D eigenvalue weighted by Gasteiger charge is 2.12. The van der Waals surface area contributed by atoms with E-state index in [9.17, 15) is 9.90 Å². The maximum atomic E-state index is 12.0. The standard InChI is InChI=1S/C19H25N3O2/c1-22(14-16-8-4-2-5-9-16)13-12-20-19(24)21-18(15-23)17-10-6-3-7-11-17/h2-11,18,23H,12-15H2,1H3,(H2,20,21,24). The van der Waals surface area contributed by atoms with Crippen molar-refractivity contribution in [2.45, 2.75) is 12.6 Å². The van der Waals surface area contributed by atoms with Gasteiger partial charge in [0.15, 0.2) is 0 Å². The summed E-state index contributed by atoms with van der Waals surface area (Å²) in [7, 11) is 2.02. The lowest BCUT2D eigenvalue weighted by Crippen LogP contribution is -2.42. The molecule has 0 radical (unpaired) electrons. The number of benzene rings is 2.